The molecule has 1 amide bonds. The van der Waals surface area contributed by atoms with Gasteiger partial charge in [-0.1, -0.05) is 12.1 Å². The molecule has 0 saturated carbocycles. The molecule has 1 aliphatic rings. The number of halogens is 2. The van der Waals surface area contributed by atoms with E-state index in [0.29, 0.717) is 22.7 Å². The molecular formula is C18H24ClFN4O. The van der Waals surface area contributed by atoms with E-state index in [1.807, 2.05) is 11.9 Å². The normalized spacial score (nSPS) is 15.0. The molecule has 0 aliphatic carbocycles. The Hall–Kier alpha value is -1.92. The molecule has 0 atom stereocenters. The molecule has 0 unspecified atom stereocenters. The fourth-order valence-corrected chi connectivity index (χ4v) is 3.26. The van der Waals surface area contributed by atoms with Crippen molar-refractivity contribution in [3.8, 4) is 11.3 Å². The van der Waals surface area contributed by atoms with Crippen molar-refractivity contribution in [2.75, 3.05) is 26.7 Å². The molecule has 1 fully saturated rings. The first kappa shape index (κ1) is 19.4. The second-order valence-corrected chi connectivity index (χ2v) is 6.27. The van der Waals surface area contributed by atoms with Crippen molar-refractivity contribution in [3.63, 3.8) is 0 Å². The highest BCUT2D eigenvalue weighted by Gasteiger charge is 2.26. The summed E-state index contributed by atoms with van der Waals surface area (Å²) < 4.78 is 14.0. The second-order valence-electron chi connectivity index (χ2n) is 6.27. The van der Waals surface area contributed by atoms with Crippen LogP contribution in [0.25, 0.3) is 11.3 Å². The number of benzene rings is 1. The molecule has 0 spiro atoms. The van der Waals surface area contributed by atoms with Crippen LogP contribution in [0.4, 0.5) is 4.39 Å². The molecule has 1 aromatic heterocycles. The summed E-state index contributed by atoms with van der Waals surface area (Å²) in [4.78, 5) is 14.7. The molecule has 2 heterocycles. The zero-order valence-corrected chi connectivity index (χ0v) is 15.1. The third kappa shape index (κ3) is 4.38. The van der Waals surface area contributed by atoms with Gasteiger partial charge in [0.1, 0.15) is 5.82 Å². The summed E-state index contributed by atoms with van der Waals surface area (Å²) in [6.45, 7) is 2.50. The van der Waals surface area contributed by atoms with Crippen LogP contribution < -0.4 is 5.32 Å². The zero-order valence-electron chi connectivity index (χ0n) is 14.3. The van der Waals surface area contributed by atoms with Gasteiger partial charge in [0, 0.05) is 18.7 Å². The monoisotopic (exact) mass is 366 g/mol. The van der Waals surface area contributed by atoms with Crippen molar-refractivity contribution in [1.82, 2.24) is 20.4 Å². The van der Waals surface area contributed by atoms with Gasteiger partial charge in [-0.2, -0.15) is 5.10 Å². The van der Waals surface area contributed by atoms with E-state index in [9.17, 15) is 9.18 Å². The SMILES string of the molecule is CNCCC1CCN(C(=O)c2cn[nH]c2-c2ccccc2F)CC1.Cl. The molecule has 2 N–H and O–H groups in total. The average Bonchev–Trinajstić information content (AvgIpc) is 3.09. The van der Waals surface area contributed by atoms with E-state index in [2.05, 4.69) is 15.5 Å². The van der Waals surface area contributed by atoms with Crippen LogP contribution in [0, 0.1) is 11.7 Å². The number of hydrogen-bond acceptors (Lipinski definition) is 3. The maximum atomic E-state index is 14.0. The molecule has 3 rings (SSSR count). The van der Waals surface area contributed by atoms with Gasteiger partial charge in [0.05, 0.1) is 17.5 Å². The van der Waals surface area contributed by atoms with Crippen molar-refractivity contribution in [2.24, 2.45) is 5.92 Å². The highest BCUT2D eigenvalue weighted by atomic mass is 35.5. The highest BCUT2D eigenvalue weighted by molar-refractivity contribution is 5.99. The molecule has 25 heavy (non-hydrogen) atoms. The number of nitrogens with one attached hydrogen (secondary N) is 2. The number of carbonyl (C=O) groups is 1. The Morgan fingerprint density at radius 2 is 2.08 bits per heavy atom. The number of rotatable bonds is 5. The molecule has 1 aromatic carbocycles. The molecular weight excluding hydrogens is 343 g/mol. The smallest absolute Gasteiger partial charge is 0.257 e. The lowest BCUT2D eigenvalue weighted by Gasteiger charge is -2.32. The Morgan fingerprint density at radius 1 is 1.36 bits per heavy atom. The maximum absolute atomic E-state index is 14.0. The van der Waals surface area contributed by atoms with Crippen LogP contribution in [0.2, 0.25) is 0 Å². The van der Waals surface area contributed by atoms with Gasteiger partial charge in [0.15, 0.2) is 0 Å². The molecule has 0 radical (unpaired) electrons. The standard InChI is InChI=1S/C18H23FN4O.ClH/c1-20-9-6-13-7-10-23(11-8-13)18(24)15-12-21-22-17(15)14-4-2-3-5-16(14)19;/h2-5,12-13,20H,6-11H2,1H3,(H,21,22);1H. The summed E-state index contributed by atoms with van der Waals surface area (Å²) in [5, 5.41) is 9.91. The topological polar surface area (TPSA) is 61.0 Å². The van der Waals surface area contributed by atoms with Gasteiger partial charge < -0.3 is 10.2 Å². The van der Waals surface area contributed by atoms with E-state index in [0.717, 1.165) is 38.9 Å². The summed E-state index contributed by atoms with van der Waals surface area (Å²) in [5.74, 6) is 0.229. The quantitative estimate of drug-likeness (QED) is 0.854. The van der Waals surface area contributed by atoms with E-state index in [1.165, 1.54) is 12.3 Å². The van der Waals surface area contributed by atoms with Gasteiger partial charge in [0.25, 0.3) is 5.91 Å². The van der Waals surface area contributed by atoms with Crippen molar-refractivity contribution in [3.05, 3.63) is 41.8 Å². The number of aromatic amines is 1. The molecule has 136 valence electrons. The van der Waals surface area contributed by atoms with Crippen molar-refractivity contribution < 1.29 is 9.18 Å². The molecule has 0 bridgehead atoms. The van der Waals surface area contributed by atoms with E-state index < -0.39 is 0 Å². The molecule has 1 saturated heterocycles. The number of nitrogens with zero attached hydrogens (tertiary/aromatic N) is 2. The van der Waals surface area contributed by atoms with E-state index in [1.54, 1.807) is 18.2 Å². The predicted octanol–water partition coefficient (Wildman–Crippen LogP) is 3.10. The van der Waals surface area contributed by atoms with Crippen LogP contribution in [0.3, 0.4) is 0 Å². The number of H-pyrrole nitrogens is 1. The Kier molecular flexibility index (Phi) is 6.96. The Bertz CT molecular complexity index is 698. The van der Waals surface area contributed by atoms with Gasteiger partial charge in [-0.05, 0) is 50.9 Å². The summed E-state index contributed by atoms with van der Waals surface area (Å²) in [7, 11) is 1.96. The molecule has 5 nitrogen and oxygen atoms in total. The van der Waals surface area contributed by atoms with Gasteiger partial charge in [-0.3, -0.25) is 9.89 Å². The number of hydrogen-bond donors (Lipinski definition) is 2. The van der Waals surface area contributed by atoms with E-state index in [-0.39, 0.29) is 24.1 Å². The molecule has 1 aliphatic heterocycles. The number of carbonyl (C=O) groups excluding carboxylic acids is 1. The van der Waals surface area contributed by atoms with E-state index in [4.69, 9.17) is 0 Å². The lowest BCUT2D eigenvalue weighted by molar-refractivity contribution is 0.0688. The van der Waals surface area contributed by atoms with Gasteiger partial charge >= 0.3 is 0 Å². The number of likely N-dealkylation sites (tertiary alicyclic amines) is 1. The summed E-state index contributed by atoms with van der Waals surface area (Å²) in [6, 6.07) is 6.43. The van der Waals surface area contributed by atoms with E-state index >= 15 is 0 Å². The van der Waals surface area contributed by atoms with Crippen LogP contribution in [-0.4, -0.2) is 47.7 Å². The fourth-order valence-electron chi connectivity index (χ4n) is 3.26. The lowest BCUT2D eigenvalue weighted by Crippen LogP contribution is -2.39. The van der Waals surface area contributed by atoms with Gasteiger partial charge in [0.2, 0.25) is 0 Å². The fraction of sp³-hybridized carbons (Fsp3) is 0.444. The molecule has 7 heteroatoms. The first-order valence-corrected chi connectivity index (χ1v) is 8.43. The minimum absolute atomic E-state index is 0. The van der Waals surface area contributed by atoms with Crippen LogP contribution in [0.1, 0.15) is 29.6 Å². The van der Waals surface area contributed by atoms with Crippen LogP contribution in [0.5, 0.6) is 0 Å². The summed E-state index contributed by atoms with van der Waals surface area (Å²) in [6.07, 6.45) is 4.67. The molecule has 2 aromatic rings. The van der Waals surface area contributed by atoms with Crippen molar-refractivity contribution in [2.45, 2.75) is 19.3 Å². The maximum Gasteiger partial charge on any atom is 0.257 e. The Labute approximate surface area is 153 Å². The lowest BCUT2D eigenvalue weighted by atomic mass is 9.93. The number of aromatic nitrogens is 2. The number of amides is 1. The summed E-state index contributed by atoms with van der Waals surface area (Å²) in [5.41, 5.74) is 1.27. The van der Waals surface area contributed by atoms with Crippen molar-refractivity contribution >= 4 is 18.3 Å². The van der Waals surface area contributed by atoms with Gasteiger partial charge in [-0.15, -0.1) is 12.4 Å². The third-order valence-electron chi connectivity index (χ3n) is 4.72. The predicted molar refractivity (Wildman–Crippen MR) is 98.4 cm³/mol. The van der Waals surface area contributed by atoms with Crippen LogP contribution >= 0.6 is 12.4 Å². The van der Waals surface area contributed by atoms with Crippen LogP contribution in [-0.2, 0) is 0 Å². The minimum Gasteiger partial charge on any atom is -0.339 e. The minimum atomic E-state index is -0.360. The average molecular weight is 367 g/mol. The third-order valence-corrected chi connectivity index (χ3v) is 4.72. The second kappa shape index (κ2) is 8.97. The number of piperidine rings is 1. The first-order chi connectivity index (χ1) is 11.7. The Morgan fingerprint density at radius 3 is 2.76 bits per heavy atom. The summed E-state index contributed by atoms with van der Waals surface area (Å²) >= 11 is 0. The van der Waals surface area contributed by atoms with Gasteiger partial charge in [-0.25, -0.2) is 4.39 Å². The zero-order chi connectivity index (χ0) is 16.9. The first-order valence-electron chi connectivity index (χ1n) is 8.43. The Balaban J connectivity index is 0.00000225. The highest BCUT2D eigenvalue weighted by Crippen LogP contribution is 2.27. The largest absolute Gasteiger partial charge is 0.339 e. The van der Waals surface area contributed by atoms with Crippen molar-refractivity contribution in [1.29, 1.82) is 0 Å². The van der Waals surface area contributed by atoms with Crippen LogP contribution in [0.15, 0.2) is 30.5 Å².